The Morgan fingerprint density at radius 1 is 0.842 bits per heavy atom. The van der Waals surface area contributed by atoms with Crippen molar-refractivity contribution in [2.75, 3.05) is 0 Å². The maximum atomic E-state index is 3.60. The summed E-state index contributed by atoms with van der Waals surface area (Å²) in [6, 6.07) is 0. The van der Waals surface area contributed by atoms with Crippen LogP contribution in [0.4, 0.5) is 0 Å². The van der Waals surface area contributed by atoms with Gasteiger partial charge < -0.3 is 13.8 Å². The van der Waals surface area contributed by atoms with Crippen molar-refractivity contribution in [2.45, 2.75) is 52.4 Å². The van der Waals surface area contributed by atoms with Crippen LogP contribution in [0.1, 0.15) is 52.4 Å². The van der Waals surface area contributed by atoms with Crippen LogP contribution in [0.25, 0.3) is 0 Å². The van der Waals surface area contributed by atoms with E-state index in [1.165, 1.54) is 12.8 Å². The third kappa shape index (κ3) is 31.9. The average molecular weight is 292 g/mol. The molecule has 2 aliphatic rings. The summed E-state index contributed by atoms with van der Waals surface area (Å²) in [7, 11) is 0. The van der Waals surface area contributed by atoms with E-state index in [1.807, 2.05) is 24.3 Å². The molecule has 0 amide bonds. The number of allylic oxidation sites excluding steroid dienone is 8. The fourth-order valence-corrected chi connectivity index (χ4v) is 0.680. The fourth-order valence-electron chi connectivity index (χ4n) is 0.680. The molecule has 0 nitrogen and oxygen atoms in total. The van der Waals surface area contributed by atoms with E-state index in [-0.39, 0.29) is 21.7 Å². The summed E-state index contributed by atoms with van der Waals surface area (Å²) in [5.74, 6) is 0. The molecule has 2 rings (SSSR count). The maximum Gasteiger partial charge on any atom is 4.00 e. The van der Waals surface area contributed by atoms with E-state index in [2.05, 4.69) is 52.0 Å². The van der Waals surface area contributed by atoms with Crippen LogP contribution in [0.15, 0.2) is 36.5 Å². The minimum Gasteiger partial charge on any atom is -0.343 e. The van der Waals surface area contributed by atoms with Crippen LogP contribution in [0.3, 0.4) is 0 Å². The molecule has 0 saturated carbocycles. The van der Waals surface area contributed by atoms with Gasteiger partial charge in [0.2, 0.25) is 0 Å². The van der Waals surface area contributed by atoms with E-state index < -0.39 is 0 Å². The molecular formula is C18H28Ti. The first-order chi connectivity index (χ1) is 8.83. The molecule has 19 heavy (non-hydrogen) atoms. The molecule has 0 heterocycles. The van der Waals surface area contributed by atoms with Crippen LogP contribution in [-0.2, 0) is 21.7 Å². The quantitative estimate of drug-likeness (QED) is 0.442. The van der Waals surface area contributed by atoms with Crippen molar-refractivity contribution < 1.29 is 21.7 Å². The molecule has 0 radical (unpaired) electrons. The van der Waals surface area contributed by atoms with Gasteiger partial charge in [-0.1, -0.05) is 26.7 Å². The van der Waals surface area contributed by atoms with Crippen molar-refractivity contribution in [3.8, 4) is 0 Å². The van der Waals surface area contributed by atoms with Crippen LogP contribution in [0, 0.1) is 26.0 Å². The van der Waals surface area contributed by atoms with Gasteiger partial charge >= 0.3 is 21.7 Å². The van der Waals surface area contributed by atoms with Crippen molar-refractivity contribution in [3.63, 3.8) is 0 Å². The Balaban J connectivity index is -0.000000178. The molecule has 2 aliphatic carbocycles. The summed E-state index contributed by atoms with van der Waals surface area (Å²) in [4.78, 5) is 0. The second kappa shape index (κ2) is 26.3. The Labute approximate surface area is 136 Å². The number of hydrogen-bond donors (Lipinski definition) is 0. The van der Waals surface area contributed by atoms with Crippen LogP contribution < -0.4 is 0 Å². The van der Waals surface area contributed by atoms with Crippen LogP contribution >= 0.6 is 0 Å². The van der Waals surface area contributed by atoms with Crippen molar-refractivity contribution in [1.29, 1.82) is 0 Å². The first kappa shape index (κ1) is 23.7. The largest absolute Gasteiger partial charge is 4.00 e. The first-order valence-electron chi connectivity index (χ1n) is 6.85. The topological polar surface area (TPSA) is 0 Å². The Bertz CT molecular complexity index is 184. The van der Waals surface area contributed by atoms with Gasteiger partial charge in [-0.2, -0.15) is 25.0 Å². The van der Waals surface area contributed by atoms with Crippen molar-refractivity contribution in [2.24, 2.45) is 0 Å². The summed E-state index contributed by atoms with van der Waals surface area (Å²) in [6.07, 6.45) is 24.6. The Hall–Kier alpha value is -0.326. The SMILES string of the molecule is [C-]1=CC=CC1.[C-]1=CC=CC1.[CH2-]CCC.[CH2-]CCC.[Ti+4]. The molecule has 0 atom stereocenters. The second-order valence-corrected chi connectivity index (χ2v) is 3.71. The molecule has 0 unspecified atom stereocenters. The van der Waals surface area contributed by atoms with E-state index in [0.717, 1.165) is 25.7 Å². The van der Waals surface area contributed by atoms with Gasteiger partial charge in [0.25, 0.3) is 0 Å². The second-order valence-electron chi connectivity index (χ2n) is 3.71. The van der Waals surface area contributed by atoms with Crippen molar-refractivity contribution in [1.82, 2.24) is 0 Å². The molecule has 0 fully saturated rings. The summed E-state index contributed by atoms with van der Waals surface area (Å²) >= 11 is 0. The maximum absolute atomic E-state index is 3.60. The molecule has 0 aromatic carbocycles. The third-order valence-corrected chi connectivity index (χ3v) is 1.88. The van der Waals surface area contributed by atoms with E-state index in [4.69, 9.17) is 0 Å². The summed E-state index contributed by atoms with van der Waals surface area (Å²) in [6.45, 7) is 11.4. The van der Waals surface area contributed by atoms with E-state index >= 15 is 0 Å². The van der Waals surface area contributed by atoms with Gasteiger partial charge in [-0.3, -0.25) is 12.2 Å². The van der Waals surface area contributed by atoms with Crippen LogP contribution in [0.5, 0.6) is 0 Å². The molecule has 0 N–H and O–H groups in total. The van der Waals surface area contributed by atoms with E-state index in [9.17, 15) is 0 Å². The molecule has 0 aliphatic heterocycles. The molecule has 0 aromatic heterocycles. The predicted octanol–water partition coefficient (Wildman–Crippen LogP) is 5.85. The molecule has 0 aromatic rings. The number of rotatable bonds is 2. The first-order valence-corrected chi connectivity index (χ1v) is 6.85. The van der Waals surface area contributed by atoms with Crippen molar-refractivity contribution >= 4 is 0 Å². The predicted molar refractivity (Wildman–Crippen MR) is 83.7 cm³/mol. The van der Waals surface area contributed by atoms with Gasteiger partial charge in [0.1, 0.15) is 0 Å². The minimum absolute atomic E-state index is 0. The van der Waals surface area contributed by atoms with Gasteiger partial charge in [0, 0.05) is 0 Å². The van der Waals surface area contributed by atoms with Crippen LogP contribution in [-0.4, -0.2) is 0 Å². The monoisotopic (exact) mass is 292 g/mol. The van der Waals surface area contributed by atoms with Gasteiger partial charge in [0.05, 0.1) is 0 Å². The average Bonchev–Trinajstić information content (AvgIpc) is 3.14. The molecule has 0 bridgehead atoms. The van der Waals surface area contributed by atoms with E-state index in [1.54, 1.807) is 0 Å². The number of hydrogen-bond acceptors (Lipinski definition) is 0. The Morgan fingerprint density at radius 2 is 1.16 bits per heavy atom. The van der Waals surface area contributed by atoms with E-state index in [0.29, 0.717) is 0 Å². The summed E-state index contributed by atoms with van der Waals surface area (Å²) in [5.41, 5.74) is 0. The molecule has 0 saturated heterocycles. The summed E-state index contributed by atoms with van der Waals surface area (Å²) in [5, 5.41) is 0. The normalized spacial score (nSPS) is 12.4. The Kier molecular flexibility index (Phi) is 32.8. The molecular weight excluding hydrogens is 264 g/mol. The van der Waals surface area contributed by atoms with Gasteiger partial charge in [-0.25, -0.2) is 24.3 Å². The van der Waals surface area contributed by atoms with Crippen LogP contribution in [0.2, 0.25) is 0 Å². The molecule has 104 valence electrons. The number of unbranched alkanes of at least 4 members (excludes halogenated alkanes) is 2. The Morgan fingerprint density at radius 3 is 1.21 bits per heavy atom. The zero-order chi connectivity index (χ0) is 13.9. The van der Waals surface area contributed by atoms with Gasteiger partial charge in [-0.15, -0.1) is 12.8 Å². The zero-order valence-corrected chi connectivity index (χ0v) is 14.2. The molecule has 1 heteroatoms. The van der Waals surface area contributed by atoms with Crippen molar-refractivity contribution in [3.05, 3.63) is 62.5 Å². The minimum atomic E-state index is 0. The molecule has 0 spiro atoms. The standard InChI is InChI=1S/2C5H5.2C4H9.Ti/c2*1-2-4-5-3-1;2*1-3-4-2;/h2*1-3H,4H2;2*1,3-4H2,2H3;/q4*-1;+4. The smallest absolute Gasteiger partial charge is 0.343 e. The summed E-state index contributed by atoms with van der Waals surface area (Å²) < 4.78 is 0. The zero-order valence-electron chi connectivity index (χ0n) is 12.6. The van der Waals surface area contributed by atoms with Gasteiger partial charge in [-0.05, 0) is 0 Å². The van der Waals surface area contributed by atoms with Gasteiger partial charge in [0.15, 0.2) is 0 Å². The third-order valence-electron chi connectivity index (χ3n) is 1.88. The fraction of sp³-hybridized carbons (Fsp3) is 0.444.